The van der Waals surface area contributed by atoms with Crippen molar-refractivity contribution in [3.63, 3.8) is 0 Å². The highest BCUT2D eigenvalue weighted by Crippen LogP contribution is 2.17. The van der Waals surface area contributed by atoms with Gasteiger partial charge in [0.25, 0.3) is 15.9 Å². The predicted octanol–water partition coefficient (Wildman–Crippen LogP) is 2.21. The molecule has 7 nitrogen and oxygen atoms in total. The van der Waals surface area contributed by atoms with E-state index in [9.17, 15) is 13.2 Å². The Morgan fingerprint density at radius 2 is 1.65 bits per heavy atom. The number of hydrogen-bond donors (Lipinski definition) is 2. The molecule has 0 spiro atoms. The number of nitrogens with one attached hydrogen (secondary N) is 2. The van der Waals surface area contributed by atoms with Gasteiger partial charge in [-0.1, -0.05) is 18.2 Å². The summed E-state index contributed by atoms with van der Waals surface area (Å²) in [5.74, 6) is -0.719. The number of pyridine rings is 2. The maximum atomic E-state index is 12.5. The van der Waals surface area contributed by atoms with Gasteiger partial charge < -0.3 is 5.32 Å². The van der Waals surface area contributed by atoms with Gasteiger partial charge in [0, 0.05) is 37.0 Å². The first kappa shape index (κ1) is 17.6. The fourth-order valence-electron chi connectivity index (χ4n) is 2.28. The average Bonchev–Trinajstić information content (AvgIpc) is 2.68. The minimum atomic E-state index is -3.99. The third-order valence-electron chi connectivity index (χ3n) is 3.55. The molecule has 1 aromatic carbocycles. The van der Waals surface area contributed by atoms with Crippen molar-refractivity contribution in [2.45, 2.75) is 11.4 Å². The number of carbonyl (C=O) groups excluding carboxylic acids is 1. The largest absolute Gasteiger partial charge is 0.380 e. The van der Waals surface area contributed by atoms with E-state index in [0.717, 1.165) is 5.56 Å². The Morgan fingerprint density at radius 1 is 0.923 bits per heavy atom. The first-order valence-electron chi connectivity index (χ1n) is 7.75. The van der Waals surface area contributed by atoms with Gasteiger partial charge in [0.05, 0.1) is 5.56 Å². The summed E-state index contributed by atoms with van der Waals surface area (Å²) in [5, 5.41) is 3.13. The van der Waals surface area contributed by atoms with Crippen molar-refractivity contribution < 1.29 is 13.2 Å². The molecule has 0 bridgehead atoms. The molecule has 0 aliphatic heterocycles. The Kier molecular flexibility index (Phi) is 5.23. The fourth-order valence-corrected chi connectivity index (χ4v) is 3.21. The first-order chi connectivity index (χ1) is 12.6. The van der Waals surface area contributed by atoms with Crippen molar-refractivity contribution in [3.8, 4) is 0 Å². The Morgan fingerprint density at radius 3 is 2.35 bits per heavy atom. The molecule has 0 atom stereocenters. The minimum Gasteiger partial charge on any atom is -0.380 e. The van der Waals surface area contributed by atoms with E-state index in [2.05, 4.69) is 20.0 Å². The second-order valence-corrected chi connectivity index (χ2v) is 7.07. The van der Waals surface area contributed by atoms with Crippen LogP contribution in [0.5, 0.6) is 0 Å². The van der Waals surface area contributed by atoms with Crippen molar-refractivity contribution in [2.75, 3.05) is 5.32 Å². The van der Waals surface area contributed by atoms with Gasteiger partial charge in [-0.3, -0.25) is 14.8 Å². The Hall–Kier alpha value is -3.26. The molecule has 0 aliphatic carbocycles. The van der Waals surface area contributed by atoms with Crippen LogP contribution in [0.4, 0.5) is 5.69 Å². The Labute approximate surface area is 151 Å². The van der Waals surface area contributed by atoms with Gasteiger partial charge in [0.1, 0.15) is 4.90 Å². The zero-order chi connectivity index (χ0) is 18.4. The van der Waals surface area contributed by atoms with Crippen LogP contribution >= 0.6 is 0 Å². The lowest BCUT2D eigenvalue weighted by Gasteiger charge is -2.12. The minimum absolute atomic E-state index is 0.0749. The lowest BCUT2D eigenvalue weighted by atomic mass is 10.1. The van der Waals surface area contributed by atoms with Crippen molar-refractivity contribution in [2.24, 2.45) is 0 Å². The summed E-state index contributed by atoms with van der Waals surface area (Å²) in [7, 11) is -3.99. The molecule has 0 saturated carbocycles. The summed E-state index contributed by atoms with van der Waals surface area (Å²) < 4.78 is 26.7. The van der Waals surface area contributed by atoms with Crippen LogP contribution in [-0.2, 0) is 16.6 Å². The highest BCUT2D eigenvalue weighted by Gasteiger charge is 2.20. The maximum Gasteiger partial charge on any atom is 0.267 e. The number of hydrogen-bond acceptors (Lipinski definition) is 6. The van der Waals surface area contributed by atoms with Crippen molar-refractivity contribution in [1.82, 2.24) is 14.7 Å². The summed E-state index contributed by atoms with van der Waals surface area (Å²) in [5.41, 5.74) is 1.68. The monoisotopic (exact) mass is 368 g/mol. The molecule has 0 unspecified atom stereocenters. The van der Waals surface area contributed by atoms with Gasteiger partial charge in [-0.15, -0.1) is 0 Å². The van der Waals surface area contributed by atoms with Crippen LogP contribution in [0.3, 0.4) is 0 Å². The molecule has 132 valence electrons. The number of rotatable bonds is 6. The van der Waals surface area contributed by atoms with E-state index < -0.39 is 15.9 Å². The zero-order valence-electron chi connectivity index (χ0n) is 13.7. The molecular weight excluding hydrogens is 352 g/mol. The molecule has 3 rings (SSSR count). The van der Waals surface area contributed by atoms with Crippen LogP contribution in [-0.4, -0.2) is 24.3 Å². The number of anilines is 1. The van der Waals surface area contributed by atoms with Gasteiger partial charge >= 0.3 is 0 Å². The molecular formula is C18H16N4O3S. The molecule has 0 fully saturated rings. The topological polar surface area (TPSA) is 101 Å². The summed E-state index contributed by atoms with van der Waals surface area (Å²) in [4.78, 5) is 20.2. The lowest BCUT2D eigenvalue weighted by Crippen LogP contribution is -2.31. The van der Waals surface area contributed by atoms with E-state index in [0.29, 0.717) is 12.2 Å². The average molecular weight is 368 g/mol. The quantitative estimate of drug-likeness (QED) is 0.692. The molecule has 2 N–H and O–H groups in total. The second kappa shape index (κ2) is 7.75. The van der Waals surface area contributed by atoms with E-state index in [1.165, 1.54) is 24.5 Å². The molecule has 3 aromatic rings. The Balaban J connectivity index is 1.78. The molecule has 8 heteroatoms. The fraction of sp³-hybridized carbons (Fsp3) is 0.0556. The van der Waals surface area contributed by atoms with Crippen molar-refractivity contribution in [3.05, 3.63) is 84.4 Å². The molecule has 2 heterocycles. The van der Waals surface area contributed by atoms with Crippen LogP contribution in [0.1, 0.15) is 15.9 Å². The van der Waals surface area contributed by atoms with Crippen molar-refractivity contribution >= 4 is 21.6 Å². The molecule has 0 aliphatic rings. The highest BCUT2D eigenvalue weighted by atomic mass is 32.2. The predicted molar refractivity (Wildman–Crippen MR) is 96.9 cm³/mol. The van der Waals surface area contributed by atoms with Crippen LogP contribution in [0, 0.1) is 0 Å². The number of amides is 1. The smallest absolute Gasteiger partial charge is 0.267 e. The van der Waals surface area contributed by atoms with E-state index in [1.54, 1.807) is 36.7 Å². The SMILES string of the molecule is O=C(NS(=O)(=O)c1cccnc1)c1ccccc1NCc1cccnc1. The van der Waals surface area contributed by atoms with Crippen LogP contribution < -0.4 is 10.0 Å². The van der Waals surface area contributed by atoms with E-state index in [4.69, 9.17) is 0 Å². The maximum absolute atomic E-state index is 12.5. The normalized spacial score (nSPS) is 10.9. The Bertz CT molecular complexity index is 993. The third kappa shape index (κ3) is 4.22. The molecule has 26 heavy (non-hydrogen) atoms. The highest BCUT2D eigenvalue weighted by molar-refractivity contribution is 7.90. The number of carbonyl (C=O) groups is 1. The van der Waals surface area contributed by atoms with E-state index in [1.807, 2.05) is 12.1 Å². The second-order valence-electron chi connectivity index (χ2n) is 5.38. The van der Waals surface area contributed by atoms with E-state index in [-0.39, 0.29) is 10.5 Å². The van der Waals surface area contributed by atoms with Gasteiger partial charge in [0.2, 0.25) is 0 Å². The molecule has 2 aromatic heterocycles. The zero-order valence-corrected chi connectivity index (χ0v) is 14.5. The van der Waals surface area contributed by atoms with Crippen LogP contribution in [0.25, 0.3) is 0 Å². The summed E-state index contributed by atoms with van der Waals surface area (Å²) in [6.07, 6.45) is 6.03. The summed E-state index contributed by atoms with van der Waals surface area (Å²) in [6.45, 7) is 0.452. The van der Waals surface area contributed by atoms with Gasteiger partial charge in [-0.2, -0.15) is 0 Å². The molecule has 0 saturated heterocycles. The third-order valence-corrected chi connectivity index (χ3v) is 4.87. The van der Waals surface area contributed by atoms with Gasteiger partial charge in [0.15, 0.2) is 0 Å². The van der Waals surface area contributed by atoms with E-state index >= 15 is 0 Å². The molecule has 1 amide bonds. The summed E-state index contributed by atoms with van der Waals surface area (Å²) >= 11 is 0. The number of para-hydroxylation sites is 1. The first-order valence-corrected chi connectivity index (χ1v) is 9.23. The number of nitrogens with zero attached hydrogens (tertiary/aromatic N) is 2. The summed E-state index contributed by atoms with van der Waals surface area (Å²) in [6, 6.07) is 13.3. The number of aromatic nitrogens is 2. The van der Waals surface area contributed by atoms with Crippen LogP contribution in [0.2, 0.25) is 0 Å². The van der Waals surface area contributed by atoms with Gasteiger partial charge in [-0.25, -0.2) is 13.1 Å². The lowest BCUT2D eigenvalue weighted by molar-refractivity contribution is 0.0982. The van der Waals surface area contributed by atoms with Crippen LogP contribution in [0.15, 0.2) is 78.2 Å². The number of benzene rings is 1. The van der Waals surface area contributed by atoms with Crippen molar-refractivity contribution in [1.29, 1.82) is 0 Å². The number of sulfonamides is 1. The molecule has 0 radical (unpaired) electrons. The van der Waals surface area contributed by atoms with Gasteiger partial charge in [-0.05, 0) is 35.9 Å². The standard InChI is InChI=1S/C18H16N4O3S/c23-18(22-26(24,25)15-6-4-10-20-13-15)16-7-1-2-8-17(16)21-12-14-5-3-9-19-11-14/h1-11,13,21H,12H2,(H,22,23).